The normalized spacial score (nSPS) is 10.6. The molecule has 0 aliphatic heterocycles. The van der Waals surface area contributed by atoms with Crippen LogP contribution in [0, 0.1) is 5.82 Å². The number of nitrogens with zero attached hydrogens (tertiary/aromatic N) is 1. The molecule has 0 unspecified atom stereocenters. The van der Waals surface area contributed by atoms with Crippen LogP contribution in [0.1, 0.15) is 0 Å². The van der Waals surface area contributed by atoms with Gasteiger partial charge in [-0.05, 0) is 18.2 Å². The molecule has 0 fully saturated rings. The number of rotatable bonds is 1. The summed E-state index contributed by atoms with van der Waals surface area (Å²) in [5.74, 6) is -0.628. The van der Waals surface area contributed by atoms with Gasteiger partial charge >= 0.3 is 0 Å². The van der Waals surface area contributed by atoms with Gasteiger partial charge in [0.05, 0.1) is 10.0 Å². The fourth-order valence-corrected chi connectivity index (χ4v) is 2.15. The molecule has 6 heteroatoms. The lowest BCUT2D eigenvalue weighted by atomic mass is 10.1. The Bertz CT molecular complexity index is 586. The average Bonchev–Trinajstić information content (AvgIpc) is 2.27. The zero-order valence-electron chi connectivity index (χ0n) is 8.15. The highest BCUT2D eigenvalue weighted by atomic mass is 35.5. The van der Waals surface area contributed by atoms with Crippen molar-refractivity contribution < 1.29 is 4.39 Å². The Hall–Kier alpha value is -0.540. The van der Waals surface area contributed by atoms with E-state index in [4.69, 9.17) is 46.4 Å². The standard InChI is InChI=1S/C11H4Cl4FN/c12-6-2-7(10(14)8(13)3-6)5-1-9(16)11(15)17-4-5/h1-4H. The second-order valence-corrected chi connectivity index (χ2v) is 4.83. The van der Waals surface area contributed by atoms with Gasteiger partial charge < -0.3 is 0 Å². The Morgan fingerprint density at radius 3 is 2.35 bits per heavy atom. The highest BCUT2D eigenvalue weighted by Gasteiger charge is 2.11. The first-order valence-electron chi connectivity index (χ1n) is 4.45. The minimum Gasteiger partial charge on any atom is -0.241 e. The van der Waals surface area contributed by atoms with Gasteiger partial charge in [0.2, 0.25) is 0 Å². The SMILES string of the molecule is Fc1cc(-c2cc(Cl)cc(Cl)c2Cl)cnc1Cl. The molecule has 88 valence electrons. The molecule has 0 spiro atoms. The van der Waals surface area contributed by atoms with Crippen LogP contribution in [0.4, 0.5) is 4.39 Å². The molecule has 0 atom stereocenters. The zero-order chi connectivity index (χ0) is 12.6. The summed E-state index contributed by atoms with van der Waals surface area (Å²) in [6.07, 6.45) is 1.40. The summed E-state index contributed by atoms with van der Waals surface area (Å²) < 4.78 is 13.3. The second-order valence-electron chi connectivity index (χ2n) is 3.25. The zero-order valence-corrected chi connectivity index (χ0v) is 11.2. The molecule has 1 nitrogen and oxygen atoms in total. The minimum atomic E-state index is -0.628. The van der Waals surface area contributed by atoms with Crippen LogP contribution >= 0.6 is 46.4 Å². The van der Waals surface area contributed by atoms with Crippen molar-refractivity contribution >= 4 is 46.4 Å². The number of hydrogen-bond acceptors (Lipinski definition) is 1. The van der Waals surface area contributed by atoms with E-state index in [9.17, 15) is 4.39 Å². The van der Waals surface area contributed by atoms with Gasteiger partial charge in [-0.1, -0.05) is 46.4 Å². The third kappa shape index (κ3) is 2.66. The molecule has 1 aromatic heterocycles. The Balaban J connectivity index is 2.64. The lowest BCUT2D eigenvalue weighted by Crippen LogP contribution is -1.87. The average molecular weight is 311 g/mol. The lowest BCUT2D eigenvalue weighted by Gasteiger charge is -2.07. The fourth-order valence-electron chi connectivity index (χ4n) is 1.33. The Morgan fingerprint density at radius 1 is 1.00 bits per heavy atom. The summed E-state index contributed by atoms with van der Waals surface area (Å²) in [7, 11) is 0. The predicted molar refractivity (Wildman–Crippen MR) is 69.7 cm³/mol. The molecule has 0 saturated carbocycles. The summed E-state index contributed by atoms with van der Waals surface area (Å²) in [6, 6.07) is 4.32. The third-order valence-corrected chi connectivity index (χ3v) is 3.40. The molecule has 0 amide bonds. The first-order chi connectivity index (χ1) is 7.99. The van der Waals surface area contributed by atoms with Crippen molar-refractivity contribution in [2.75, 3.05) is 0 Å². The second kappa shape index (κ2) is 4.99. The molecule has 0 aliphatic carbocycles. The summed E-state index contributed by atoms with van der Waals surface area (Å²) in [6.45, 7) is 0. The maximum Gasteiger partial charge on any atom is 0.164 e. The van der Waals surface area contributed by atoms with Crippen LogP contribution in [0.25, 0.3) is 11.1 Å². The summed E-state index contributed by atoms with van der Waals surface area (Å²) >= 11 is 23.3. The van der Waals surface area contributed by atoms with Crippen molar-refractivity contribution in [2.45, 2.75) is 0 Å². The minimum absolute atomic E-state index is 0.196. The van der Waals surface area contributed by atoms with E-state index in [-0.39, 0.29) is 5.15 Å². The highest BCUT2D eigenvalue weighted by molar-refractivity contribution is 6.45. The highest BCUT2D eigenvalue weighted by Crippen LogP contribution is 2.36. The van der Waals surface area contributed by atoms with Gasteiger partial charge in [0.1, 0.15) is 0 Å². The quantitative estimate of drug-likeness (QED) is 0.500. The number of benzene rings is 1. The number of pyridine rings is 1. The molecule has 0 saturated heterocycles. The van der Waals surface area contributed by atoms with Gasteiger partial charge in [0.25, 0.3) is 0 Å². The molecule has 2 aromatic rings. The summed E-state index contributed by atoms with van der Waals surface area (Å²) in [5, 5.41) is 0.798. The van der Waals surface area contributed by atoms with Crippen LogP contribution in [0.15, 0.2) is 24.4 Å². The molecule has 0 radical (unpaired) electrons. The Kier molecular flexibility index (Phi) is 3.79. The van der Waals surface area contributed by atoms with Crippen molar-refractivity contribution in [1.29, 1.82) is 0 Å². The third-order valence-electron chi connectivity index (χ3n) is 2.10. The van der Waals surface area contributed by atoms with E-state index >= 15 is 0 Å². The number of halogens is 5. The van der Waals surface area contributed by atoms with E-state index in [2.05, 4.69) is 4.98 Å². The molecule has 0 aliphatic rings. The van der Waals surface area contributed by atoms with Gasteiger partial charge in [0, 0.05) is 22.3 Å². The molecular weight excluding hydrogens is 307 g/mol. The fraction of sp³-hybridized carbons (Fsp3) is 0. The molecule has 2 rings (SSSR count). The van der Waals surface area contributed by atoms with Gasteiger partial charge in [-0.2, -0.15) is 0 Å². The van der Waals surface area contributed by atoms with Crippen LogP contribution in [0.5, 0.6) is 0 Å². The summed E-state index contributed by atoms with van der Waals surface area (Å²) in [4.78, 5) is 3.70. The Morgan fingerprint density at radius 2 is 1.71 bits per heavy atom. The van der Waals surface area contributed by atoms with Gasteiger partial charge in [-0.15, -0.1) is 0 Å². The van der Waals surface area contributed by atoms with Crippen LogP contribution in [0.3, 0.4) is 0 Å². The van der Waals surface area contributed by atoms with Crippen molar-refractivity contribution in [3.8, 4) is 11.1 Å². The van der Waals surface area contributed by atoms with Crippen LogP contribution in [-0.4, -0.2) is 4.98 Å². The Labute approximate surface area is 117 Å². The molecule has 1 heterocycles. The smallest absolute Gasteiger partial charge is 0.164 e. The summed E-state index contributed by atoms with van der Waals surface area (Å²) in [5.41, 5.74) is 0.966. The predicted octanol–water partition coefficient (Wildman–Crippen LogP) is 5.50. The monoisotopic (exact) mass is 309 g/mol. The van der Waals surface area contributed by atoms with Gasteiger partial charge in [-0.3, -0.25) is 0 Å². The van der Waals surface area contributed by atoms with Gasteiger partial charge in [0.15, 0.2) is 11.0 Å². The lowest BCUT2D eigenvalue weighted by molar-refractivity contribution is 0.622. The molecule has 1 aromatic carbocycles. The van der Waals surface area contributed by atoms with E-state index < -0.39 is 5.82 Å². The molecule has 17 heavy (non-hydrogen) atoms. The largest absolute Gasteiger partial charge is 0.241 e. The molecule has 0 bridgehead atoms. The molecule has 0 N–H and O–H groups in total. The van der Waals surface area contributed by atoms with E-state index in [1.165, 1.54) is 18.3 Å². The first-order valence-corrected chi connectivity index (χ1v) is 5.96. The van der Waals surface area contributed by atoms with Crippen molar-refractivity contribution in [2.24, 2.45) is 0 Å². The number of hydrogen-bond donors (Lipinski definition) is 0. The van der Waals surface area contributed by atoms with E-state index in [0.717, 1.165) is 0 Å². The van der Waals surface area contributed by atoms with Crippen LogP contribution in [0.2, 0.25) is 20.2 Å². The van der Waals surface area contributed by atoms with Gasteiger partial charge in [-0.25, -0.2) is 9.37 Å². The van der Waals surface area contributed by atoms with Crippen molar-refractivity contribution in [1.82, 2.24) is 4.98 Å². The number of aromatic nitrogens is 1. The maximum absolute atomic E-state index is 13.3. The van der Waals surface area contributed by atoms with Crippen LogP contribution in [-0.2, 0) is 0 Å². The van der Waals surface area contributed by atoms with Crippen LogP contribution < -0.4 is 0 Å². The molecular formula is C11H4Cl4FN. The van der Waals surface area contributed by atoms with E-state index in [0.29, 0.717) is 26.2 Å². The van der Waals surface area contributed by atoms with E-state index in [1.54, 1.807) is 6.07 Å². The maximum atomic E-state index is 13.3. The topological polar surface area (TPSA) is 12.9 Å². The van der Waals surface area contributed by atoms with Crippen molar-refractivity contribution in [3.05, 3.63) is 50.4 Å². The first kappa shape index (κ1) is 12.9. The van der Waals surface area contributed by atoms with Crippen molar-refractivity contribution in [3.63, 3.8) is 0 Å². The van der Waals surface area contributed by atoms with E-state index in [1.807, 2.05) is 0 Å².